The van der Waals surface area contributed by atoms with Crippen LogP contribution < -0.4 is 16.4 Å². The molecule has 0 aromatic carbocycles. The maximum absolute atomic E-state index is 6.25. The van der Waals surface area contributed by atoms with E-state index in [1.165, 1.54) is 5.57 Å². The summed E-state index contributed by atoms with van der Waals surface area (Å²) in [5, 5.41) is 6.89. The summed E-state index contributed by atoms with van der Waals surface area (Å²) in [4.78, 5) is 0. The van der Waals surface area contributed by atoms with E-state index < -0.39 is 0 Å². The maximum atomic E-state index is 6.25. The van der Waals surface area contributed by atoms with Crippen LogP contribution in [0.15, 0.2) is 11.8 Å². The van der Waals surface area contributed by atoms with E-state index in [-0.39, 0.29) is 11.7 Å². The monoisotopic (exact) mass is 225 g/mol. The molecular formula is C12H23N3O. The van der Waals surface area contributed by atoms with Crippen molar-refractivity contribution in [3.05, 3.63) is 11.8 Å². The van der Waals surface area contributed by atoms with E-state index in [1.807, 2.05) is 0 Å². The molecule has 0 amide bonds. The SMILES string of the molecule is CC1=CNC(C)([C@@H](N)NC2CCOC2)CC1. The highest BCUT2D eigenvalue weighted by Gasteiger charge is 2.34. The summed E-state index contributed by atoms with van der Waals surface area (Å²) in [7, 11) is 0. The third kappa shape index (κ3) is 2.56. The van der Waals surface area contributed by atoms with Gasteiger partial charge in [-0.3, -0.25) is 5.32 Å². The van der Waals surface area contributed by atoms with Gasteiger partial charge in [0.25, 0.3) is 0 Å². The third-order valence-electron chi connectivity index (χ3n) is 3.72. The molecule has 0 aromatic heterocycles. The van der Waals surface area contributed by atoms with Crippen LogP contribution in [0.2, 0.25) is 0 Å². The van der Waals surface area contributed by atoms with Crippen LogP contribution in [0.25, 0.3) is 0 Å². The van der Waals surface area contributed by atoms with Crippen molar-refractivity contribution in [3.63, 3.8) is 0 Å². The molecule has 3 atom stereocenters. The van der Waals surface area contributed by atoms with E-state index >= 15 is 0 Å². The minimum Gasteiger partial charge on any atom is -0.383 e. The molecule has 16 heavy (non-hydrogen) atoms. The Morgan fingerprint density at radius 3 is 3.06 bits per heavy atom. The summed E-state index contributed by atoms with van der Waals surface area (Å²) in [6.45, 7) is 5.98. The molecular weight excluding hydrogens is 202 g/mol. The first kappa shape index (κ1) is 11.9. The number of hydrogen-bond donors (Lipinski definition) is 3. The molecule has 0 aliphatic carbocycles. The van der Waals surface area contributed by atoms with E-state index in [0.717, 1.165) is 32.5 Å². The van der Waals surface area contributed by atoms with Crippen LogP contribution in [0.3, 0.4) is 0 Å². The summed E-state index contributed by atoms with van der Waals surface area (Å²) in [5.41, 5.74) is 7.61. The highest BCUT2D eigenvalue weighted by Crippen LogP contribution is 2.23. The molecule has 92 valence electrons. The zero-order valence-electron chi connectivity index (χ0n) is 10.3. The van der Waals surface area contributed by atoms with Crippen LogP contribution in [0.4, 0.5) is 0 Å². The second kappa shape index (κ2) is 4.73. The van der Waals surface area contributed by atoms with Gasteiger partial charge < -0.3 is 15.8 Å². The van der Waals surface area contributed by atoms with Crippen LogP contribution >= 0.6 is 0 Å². The highest BCUT2D eigenvalue weighted by atomic mass is 16.5. The number of allylic oxidation sites excluding steroid dienone is 1. The lowest BCUT2D eigenvalue weighted by Gasteiger charge is -2.40. The van der Waals surface area contributed by atoms with Gasteiger partial charge in [0, 0.05) is 12.6 Å². The van der Waals surface area contributed by atoms with Gasteiger partial charge in [0.15, 0.2) is 0 Å². The Balaban J connectivity index is 1.90. The van der Waals surface area contributed by atoms with Gasteiger partial charge in [-0.1, -0.05) is 5.57 Å². The van der Waals surface area contributed by atoms with Gasteiger partial charge in [0.1, 0.15) is 0 Å². The first-order valence-corrected chi connectivity index (χ1v) is 6.13. The first-order chi connectivity index (χ1) is 7.60. The van der Waals surface area contributed by atoms with Gasteiger partial charge >= 0.3 is 0 Å². The third-order valence-corrected chi connectivity index (χ3v) is 3.72. The lowest BCUT2D eigenvalue weighted by molar-refractivity contribution is 0.178. The largest absolute Gasteiger partial charge is 0.383 e. The second-order valence-electron chi connectivity index (χ2n) is 5.26. The topological polar surface area (TPSA) is 59.3 Å². The van der Waals surface area contributed by atoms with Gasteiger partial charge in [0.2, 0.25) is 0 Å². The number of nitrogens with two attached hydrogens (primary N) is 1. The van der Waals surface area contributed by atoms with E-state index in [9.17, 15) is 0 Å². The first-order valence-electron chi connectivity index (χ1n) is 6.13. The van der Waals surface area contributed by atoms with Crippen molar-refractivity contribution in [2.24, 2.45) is 5.73 Å². The highest BCUT2D eigenvalue weighted by molar-refractivity contribution is 5.09. The predicted molar refractivity (Wildman–Crippen MR) is 64.9 cm³/mol. The van der Waals surface area contributed by atoms with Crippen molar-refractivity contribution in [3.8, 4) is 0 Å². The van der Waals surface area contributed by atoms with Crippen LogP contribution in [0.5, 0.6) is 0 Å². The predicted octanol–water partition coefficient (Wildman–Crippen LogP) is 0.696. The quantitative estimate of drug-likeness (QED) is 0.619. The molecule has 0 aromatic rings. The summed E-state index contributed by atoms with van der Waals surface area (Å²) in [6.07, 6.45) is 5.34. The molecule has 2 aliphatic rings. The fourth-order valence-electron chi connectivity index (χ4n) is 2.24. The number of hydrogen-bond acceptors (Lipinski definition) is 4. The Morgan fingerprint density at radius 1 is 1.69 bits per heavy atom. The Kier molecular flexibility index (Phi) is 3.52. The average molecular weight is 225 g/mol. The van der Waals surface area contributed by atoms with Crippen LogP contribution in [0.1, 0.15) is 33.1 Å². The van der Waals surface area contributed by atoms with Crippen molar-refractivity contribution in [1.82, 2.24) is 10.6 Å². The Morgan fingerprint density at radius 2 is 2.50 bits per heavy atom. The molecule has 4 heteroatoms. The van der Waals surface area contributed by atoms with Crippen molar-refractivity contribution in [2.45, 2.75) is 50.9 Å². The Hall–Kier alpha value is -0.580. The Labute approximate surface area is 97.6 Å². The molecule has 0 spiro atoms. The molecule has 2 rings (SSSR count). The average Bonchev–Trinajstić information content (AvgIpc) is 2.75. The maximum Gasteiger partial charge on any atom is 0.0784 e. The molecule has 1 fully saturated rings. The van der Waals surface area contributed by atoms with Gasteiger partial charge in [0.05, 0.1) is 18.3 Å². The molecule has 2 aliphatic heterocycles. The minimum absolute atomic E-state index is 0.0245. The zero-order chi connectivity index (χ0) is 11.6. The molecule has 4 N–H and O–H groups in total. The van der Waals surface area contributed by atoms with Crippen molar-refractivity contribution in [1.29, 1.82) is 0 Å². The fourth-order valence-corrected chi connectivity index (χ4v) is 2.24. The van der Waals surface area contributed by atoms with Gasteiger partial charge in [-0.15, -0.1) is 0 Å². The lowest BCUT2D eigenvalue weighted by Crippen LogP contribution is -2.63. The van der Waals surface area contributed by atoms with Crippen LogP contribution in [-0.4, -0.2) is 31.0 Å². The molecule has 2 heterocycles. The molecule has 2 unspecified atom stereocenters. The van der Waals surface area contributed by atoms with E-state index in [2.05, 4.69) is 30.7 Å². The van der Waals surface area contributed by atoms with E-state index in [0.29, 0.717) is 6.04 Å². The van der Waals surface area contributed by atoms with Crippen molar-refractivity contribution >= 4 is 0 Å². The molecule has 0 bridgehead atoms. The van der Waals surface area contributed by atoms with Crippen LogP contribution in [-0.2, 0) is 4.74 Å². The Bertz CT molecular complexity index is 273. The van der Waals surface area contributed by atoms with Gasteiger partial charge in [-0.05, 0) is 39.3 Å². The molecule has 4 nitrogen and oxygen atoms in total. The summed E-state index contributed by atoms with van der Waals surface area (Å²) in [5.74, 6) is 0. The normalized spacial score (nSPS) is 36.7. The number of rotatable bonds is 3. The van der Waals surface area contributed by atoms with Gasteiger partial charge in [-0.2, -0.15) is 0 Å². The summed E-state index contributed by atoms with van der Waals surface area (Å²) in [6, 6.07) is 0.417. The van der Waals surface area contributed by atoms with Crippen molar-refractivity contribution in [2.75, 3.05) is 13.2 Å². The van der Waals surface area contributed by atoms with Crippen LogP contribution in [0, 0.1) is 0 Å². The summed E-state index contributed by atoms with van der Waals surface area (Å²) < 4.78 is 5.34. The number of ether oxygens (including phenoxy) is 1. The van der Waals surface area contributed by atoms with Crippen molar-refractivity contribution < 1.29 is 4.74 Å². The zero-order valence-corrected chi connectivity index (χ0v) is 10.3. The molecule has 0 radical (unpaired) electrons. The minimum atomic E-state index is -0.0396. The second-order valence-corrected chi connectivity index (χ2v) is 5.26. The smallest absolute Gasteiger partial charge is 0.0784 e. The standard InChI is InChI=1S/C12H23N3O/c1-9-3-5-12(2,14-7-9)11(13)15-10-4-6-16-8-10/h7,10-11,14-15H,3-6,8,13H2,1-2H3/t10?,11-,12?/m0/s1. The number of nitrogens with one attached hydrogen (secondary N) is 2. The van der Waals surface area contributed by atoms with E-state index in [1.54, 1.807) is 0 Å². The lowest BCUT2D eigenvalue weighted by atomic mass is 9.87. The van der Waals surface area contributed by atoms with E-state index in [4.69, 9.17) is 10.5 Å². The summed E-state index contributed by atoms with van der Waals surface area (Å²) >= 11 is 0. The molecule has 0 saturated carbocycles. The van der Waals surface area contributed by atoms with Gasteiger partial charge in [-0.25, -0.2) is 0 Å². The molecule has 1 saturated heterocycles. The fraction of sp³-hybridized carbons (Fsp3) is 0.833.